The van der Waals surface area contributed by atoms with Crippen molar-refractivity contribution < 1.29 is 9.53 Å². The summed E-state index contributed by atoms with van der Waals surface area (Å²) in [5.41, 5.74) is 4.00. The number of ether oxygens (including phenoxy) is 1. The summed E-state index contributed by atoms with van der Waals surface area (Å²) in [4.78, 5) is 15.4. The number of rotatable bonds is 8. The SMILES string of the molecule is CCCN(Cc1c(-c2ccccc2)nn(C)c1Oc1cccc(C)c1)C(=O)C1CCCC1. The van der Waals surface area contributed by atoms with Crippen LogP contribution in [0.25, 0.3) is 11.3 Å². The summed E-state index contributed by atoms with van der Waals surface area (Å²) in [7, 11) is 1.91. The molecule has 0 unspecified atom stereocenters. The first-order valence-electron chi connectivity index (χ1n) is 11.7. The molecule has 0 N–H and O–H groups in total. The van der Waals surface area contributed by atoms with Gasteiger partial charge in [-0.05, 0) is 43.9 Å². The highest BCUT2D eigenvalue weighted by Gasteiger charge is 2.29. The van der Waals surface area contributed by atoms with Crippen LogP contribution in [0.3, 0.4) is 0 Å². The number of benzene rings is 2. The van der Waals surface area contributed by atoms with E-state index < -0.39 is 0 Å². The lowest BCUT2D eigenvalue weighted by Crippen LogP contribution is -2.35. The second-order valence-corrected chi connectivity index (χ2v) is 8.78. The monoisotopic (exact) mass is 431 g/mol. The molecule has 1 heterocycles. The highest BCUT2D eigenvalue weighted by atomic mass is 16.5. The van der Waals surface area contributed by atoms with Crippen LogP contribution in [0.15, 0.2) is 54.6 Å². The van der Waals surface area contributed by atoms with Crippen molar-refractivity contribution in [3.05, 3.63) is 65.7 Å². The van der Waals surface area contributed by atoms with Gasteiger partial charge in [-0.1, -0.05) is 62.2 Å². The van der Waals surface area contributed by atoms with Gasteiger partial charge in [0.05, 0.1) is 12.1 Å². The van der Waals surface area contributed by atoms with Crippen LogP contribution in [0.4, 0.5) is 0 Å². The standard InChI is InChI=1S/C27H33N3O2/c1-4-17-30(26(31)22-14-8-9-15-22)19-24-25(21-12-6-5-7-13-21)28-29(3)27(24)32-23-16-10-11-20(2)18-23/h5-7,10-13,16,18,22H,4,8-9,14-15,17,19H2,1-3H3. The van der Waals surface area contributed by atoms with Crippen molar-refractivity contribution in [2.45, 2.75) is 52.5 Å². The average Bonchev–Trinajstić information content (AvgIpc) is 3.43. The molecule has 32 heavy (non-hydrogen) atoms. The van der Waals surface area contributed by atoms with Crippen molar-refractivity contribution >= 4 is 5.91 Å². The first-order chi connectivity index (χ1) is 15.6. The van der Waals surface area contributed by atoms with E-state index in [4.69, 9.17) is 9.84 Å². The molecule has 0 bridgehead atoms. The summed E-state index contributed by atoms with van der Waals surface area (Å²) in [6, 6.07) is 18.2. The van der Waals surface area contributed by atoms with E-state index in [-0.39, 0.29) is 11.8 Å². The largest absolute Gasteiger partial charge is 0.439 e. The normalized spacial score (nSPS) is 14.0. The van der Waals surface area contributed by atoms with E-state index in [1.807, 2.05) is 48.3 Å². The van der Waals surface area contributed by atoms with Gasteiger partial charge in [0.2, 0.25) is 11.8 Å². The van der Waals surface area contributed by atoms with Gasteiger partial charge in [0.25, 0.3) is 0 Å². The molecule has 3 aromatic rings. The first kappa shape index (κ1) is 22.1. The molecular weight excluding hydrogens is 398 g/mol. The predicted molar refractivity (Wildman–Crippen MR) is 128 cm³/mol. The van der Waals surface area contributed by atoms with Gasteiger partial charge in [-0.3, -0.25) is 4.79 Å². The number of carbonyl (C=O) groups is 1. The maximum absolute atomic E-state index is 13.4. The van der Waals surface area contributed by atoms with Crippen LogP contribution in [0, 0.1) is 12.8 Å². The van der Waals surface area contributed by atoms with E-state index in [0.717, 1.165) is 66.8 Å². The Balaban J connectivity index is 1.73. The number of amides is 1. The number of aromatic nitrogens is 2. The van der Waals surface area contributed by atoms with Gasteiger partial charge in [0.1, 0.15) is 11.4 Å². The van der Waals surface area contributed by atoms with E-state index in [1.54, 1.807) is 4.68 Å². The third-order valence-corrected chi connectivity index (χ3v) is 6.20. The van der Waals surface area contributed by atoms with Crippen molar-refractivity contribution in [3.8, 4) is 22.9 Å². The van der Waals surface area contributed by atoms with Crippen molar-refractivity contribution in [1.29, 1.82) is 0 Å². The zero-order chi connectivity index (χ0) is 22.5. The minimum Gasteiger partial charge on any atom is -0.439 e. The zero-order valence-corrected chi connectivity index (χ0v) is 19.4. The molecule has 0 radical (unpaired) electrons. The molecule has 1 aromatic heterocycles. The Labute approximate surface area is 191 Å². The molecule has 0 spiro atoms. The Morgan fingerprint density at radius 1 is 1.12 bits per heavy atom. The van der Waals surface area contributed by atoms with Gasteiger partial charge in [-0.2, -0.15) is 5.10 Å². The maximum atomic E-state index is 13.4. The quantitative estimate of drug-likeness (QED) is 0.432. The number of hydrogen-bond acceptors (Lipinski definition) is 3. The lowest BCUT2D eigenvalue weighted by molar-refractivity contribution is -0.136. The van der Waals surface area contributed by atoms with Crippen LogP contribution in [-0.2, 0) is 18.4 Å². The Kier molecular flexibility index (Phi) is 6.93. The van der Waals surface area contributed by atoms with Crippen LogP contribution in [-0.4, -0.2) is 27.1 Å². The van der Waals surface area contributed by atoms with E-state index in [2.05, 4.69) is 32.0 Å². The summed E-state index contributed by atoms with van der Waals surface area (Å²) in [5.74, 6) is 1.89. The lowest BCUT2D eigenvalue weighted by Gasteiger charge is -2.26. The molecule has 168 valence electrons. The minimum absolute atomic E-state index is 0.152. The summed E-state index contributed by atoms with van der Waals surface area (Å²) in [6.45, 7) is 5.42. The van der Waals surface area contributed by atoms with E-state index in [9.17, 15) is 4.79 Å². The highest BCUT2D eigenvalue weighted by molar-refractivity contribution is 5.79. The Morgan fingerprint density at radius 2 is 1.88 bits per heavy atom. The van der Waals surface area contributed by atoms with Crippen molar-refractivity contribution in [2.75, 3.05) is 6.54 Å². The van der Waals surface area contributed by atoms with Crippen LogP contribution in [0.5, 0.6) is 11.6 Å². The molecule has 1 aliphatic rings. The number of carbonyl (C=O) groups excluding carboxylic acids is 1. The minimum atomic E-state index is 0.152. The molecule has 1 saturated carbocycles. The van der Waals surface area contributed by atoms with Crippen LogP contribution < -0.4 is 4.74 Å². The number of nitrogens with zero attached hydrogens (tertiary/aromatic N) is 3. The molecule has 1 amide bonds. The molecule has 0 aliphatic heterocycles. The topological polar surface area (TPSA) is 47.4 Å². The molecule has 5 heteroatoms. The fraction of sp³-hybridized carbons (Fsp3) is 0.407. The summed E-state index contributed by atoms with van der Waals surface area (Å²) in [5, 5.41) is 4.82. The fourth-order valence-corrected chi connectivity index (χ4v) is 4.60. The Bertz CT molecular complexity index is 1050. The number of hydrogen-bond donors (Lipinski definition) is 0. The predicted octanol–water partition coefficient (Wildman–Crippen LogP) is 6.12. The van der Waals surface area contributed by atoms with Crippen LogP contribution in [0.1, 0.15) is 50.2 Å². The zero-order valence-electron chi connectivity index (χ0n) is 19.4. The molecular formula is C27H33N3O2. The molecule has 5 nitrogen and oxygen atoms in total. The van der Waals surface area contributed by atoms with Crippen molar-refractivity contribution in [1.82, 2.24) is 14.7 Å². The smallest absolute Gasteiger partial charge is 0.225 e. The third kappa shape index (κ3) is 4.87. The highest BCUT2D eigenvalue weighted by Crippen LogP contribution is 2.35. The average molecular weight is 432 g/mol. The van der Waals surface area contributed by atoms with Crippen molar-refractivity contribution in [3.63, 3.8) is 0 Å². The lowest BCUT2D eigenvalue weighted by atomic mass is 10.0. The second-order valence-electron chi connectivity index (χ2n) is 8.78. The molecule has 4 rings (SSSR count). The first-order valence-corrected chi connectivity index (χ1v) is 11.7. The summed E-state index contributed by atoms with van der Waals surface area (Å²) >= 11 is 0. The molecule has 2 aromatic carbocycles. The van der Waals surface area contributed by atoms with Crippen molar-refractivity contribution in [2.24, 2.45) is 13.0 Å². The van der Waals surface area contributed by atoms with Gasteiger partial charge in [0.15, 0.2) is 0 Å². The van der Waals surface area contributed by atoms with Gasteiger partial charge >= 0.3 is 0 Å². The Morgan fingerprint density at radius 3 is 2.56 bits per heavy atom. The van der Waals surface area contributed by atoms with Crippen LogP contribution >= 0.6 is 0 Å². The van der Waals surface area contributed by atoms with Crippen LogP contribution in [0.2, 0.25) is 0 Å². The maximum Gasteiger partial charge on any atom is 0.225 e. The molecule has 0 saturated heterocycles. The Hall–Kier alpha value is -3.08. The number of aryl methyl sites for hydroxylation is 2. The fourth-order valence-electron chi connectivity index (χ4n) is 4.60. The third-order valence-electron chi connectivity index (χ3n) is 6.20. The van der Waals surface area contributed by atoms with Gasteiger partial charge < -0.3 is 9.64 Å². The second kappa shape index (κ2) is 10.0. The molecule has 1 fully saturated rings. The molecule has 1 aliphatic carbocycles. The van der Waals surface area contributed by atoms with Gasteiger partial charge in [-0.25, -0.2) is 4.68 Å². The van der Waals surface area contributed by atoms with E-state index in [0.29, 0.717) is 12.4 Å². The summed E-state index contributed by atoms with van der Waals surface area (Å²) in [6.07, 6.45) is 5.24. The van der Waals surface area contributed by atoms with Gasteiger partial charge in [-0.15, -0.1) is 0 Å². The molecule has 0 atom stereocenters. The van der Waals surface area contributed by atoms with Gasteiger partial charge in [0, 0.05) is 25.1 Å². The summed E-state index contributed by atoms with van der Waals surface area (Å²) < 4.78 is 8.17. The van der Waals surface area contributed by atoms with E-state index in [1.165, 1.54) is 0 Å². The van der Waals surface area contributed by atoms with E-state index >= 15 is 0 Å².